The van der Waals surface area contributed by atoms with Crippen LogP contribution in [0.25, 0.3) is 0 Å². The van der Waals surface area contributed by atoms with Gasteiger partial charge in [-0.25, -0.2) is 4.39 Å². The number of hydrogen-bond donors (Lipinski definition) is 2. The second-order valence-electron chi connectivity index (χ2n) is 5.01. The molecule has 0 fully saturated rings. The van der Waals surface area contributed by atoms with Gasteiger partial charge >= 0.3 is 0 Å². The van der Waals surface area contributed by atoms with Crippen LogP contribution < -0.4 is 5.32 Å². The van der Waals surface area contributed by atoms with Crippen molar-refractivity contribution in [3.63, 3.8) is 0 Å². The minimum Gasteiger partial charge on any atom is -0.395 e. The van der Waals surface area contributed by atoms with Crippen LogP contribution in [0.1, 0.15) is 11.6 Å². The molecule has 0 spiro atoms. The lowest BCUT2D eigenvalue weighted by Gasteiger charge is -2.27. The molecule has 0 aromatic heterocycles. The standard InChI is InChI=1S/C17H19FN2O2/c1-20(11-12-21)16(13-5-3-2-4-6-13)17(22)19-15-9-7-14(18)8-10-15/h2-10,16,21H,11-12H2,1H3,(H,19,22). The number of carbonyl (C=O) groups is 1. The average molecular weight is 302 g/mol. The predicted octanol–water partition coefficient (Wildman–Crippen LogP) is 2.43. The zero-order valence-corrected chi connectivity index (χ0v) is 12.4. The highest BCUT2D eigenvalue weighted by Crippen LogP contribution is 2.21. The van der Waals surface area contributed by atoms with Crippen molar-refractivity contribution in [2.45, 2.75) is 6.04 Å². The number of likely N-dealkylation sites (N-methyl/N-ethyl adjacent to an activating group) is 1. The van der Waals surface area contributed by atoms with E-state index in [1.807, 2.05) is 30.3 Å². The van der Waals surface area contributed by atoms with Crippen molar-refractivity contribution in [2.24, 2.45) is 0 Å². The summed E-state index contributed by atoms with van der Waals surface area (Å²) in [6.45, 7) is 0.333. The van der Waals surface area contributed by atoms with Gasteiger partial charge in [0.25, 0.3) is 0 Å². The van der Waals surface area contributed by atoms with Gasteiger partial charge < -0.3 is 10.4 Å². The summed E-state index contributed by atoms with van der Waals surface area (Å²) in [4.78, 5) is 14.4. The van der Waals surface area contributed by atoms with Gasteiger partial charge in [-0.2, -0.15) is 0 Å². The van der Waals surface area contributed by atoms with E-state index in [1.165, 1.54) is 24.3 Å². The number of benzene rings is 2. The summed E-state index contributed by atoms with van der Waals surface area (Å²) in [6, 6.07) is 14.4. The Kier molecular flexibility index (Phi) is 5.63. The first-order valence-electron chi connectivity index (χ1n) is 7.04. The monoisotopic (exact) mass is 302 g/mol. The Labute approximate surface area is 129 Å². The van der Waals surface area contributed by atoms with E-state index in [-0.39, 0.29) is 18.3 Å². The van der Waals surface area contributed by atoms with Crippen LogP contribution in [-0.2, 0) is 4.79 Å². The quantitative estimate of drug-likeness (QED) is 0.861. The molecule has 2 rings (SSSR count). The lowest BCUT2D eigenvalue weighted by molar-refractivity contribution is -0.121. The molecule has 2 aromatic rings. The first-order chi connectivity index (χ1) is 10.6. The molecule has 1 atom stereocenters. The fourth-order valence-corrected chi connectivity index (χ4v) is 2.27. The number of halogens is 1. The third-order valence-electron chi connectivity index (χ3n) is 3.37. The van der Waals surface area contributed by atoms with Gasteiger partial charge in [-0.15, -0.1) is 0 Å². The summed E-state index contributed by atoms with van der Waals surface area (Å²) in [6.07, 6.45) is 0. The molecule has 0 aliphatic rings. The summed E-state index contributed by atoms with van der Waals surface area (Å²) in [5.74, 6) is -0.580. The molecular weight excluding hydrogens is 283 g/mol. The Morgan fingerprint density at radius 3 is 2.41 bits per heavy atom. The third-order valence-corrected chi connectivity index (χ3v) is 3.37. The van der Waals surface area contributed by atoms with Crippen molar-refractivity contribution in [3.8, 4) is 0 Å². The Morgan fingerprint density at radius 1 is 1.18 bits per heavy atom. The molecule has 0 aliphatic carbocycles. The van der Waals surface area contributed by atoms with Crippen LogP contribution >= 0.6 is 0 Å². The van der Waals surface area contributed by atoms with Crippen molar-refractivity contribution in [1.29, 1.82) is 0 Å². The number of carbonyl (C=O) groups excluding carboxylic acids is 1. The van der Waals surface area contributed by atoms with Crippen molar-refractivity contribution < 1.29 is 14.3 Å². The number of hydrogen-bond acceptors (Lipinski definition) is 3. The fraction of sp³-hybridized carbons (Fsp3) is 0.235. The Hall–Kier alpha value is -2.24. The second kappa shape index (κ2) is 7.68. The number of aliphatic hydroxyl groups is 1. The molecule has 116 valence electrons. The maximum atomic E-state index is 12.9. The lowest BCUT2D eigenvalue weighted by atomic mass is 10.0. The van der Waals surface area contributed by atoms with Crippen LogP contribution in [0.2, 0.25) is 0 Å². The van der Waals surface area contributed by atoms with Gasteiger partial charge in [-0.1, -0.05) is 30.3 Å². The molecule has 2 aromatic carbocycles. The Bertz CT molecular complexity index is 602. The first-order valence-corrected chi connectivity index (χ1v) is 7.04. The minimum atomic E-state index is -0.529. The number of nitrogens with zero attached hydrogens (tertiary/aromatic N) is 1. The van der Waals surface area contributed by atoms with Gasteiger partial charge in [-0.3, -0.25) is 9.69 Å². The molecule has 22 heavy (non-hydrogen) atoms. The van der Waals surface area contributed by atoms with E-state index in [9.17, 15) is 9.18 Å². The first kappa shape index (κ1) is 16.1. The SMILES string of the molecule is CN(CCO)C(C(=O)Nc1ccc(F)cc1)c1ccccc1. The molecular formula is C17H19FN2O2. The highest BCUT2D eigenvalue weighted by atomic mass is 19.1. The van der Waals surface area contributed by atoms with E-state index >= 15 is 0 Å². The van der Waals surface area contributed by atoms with Gasteiger partial charge in [0.2, 0.25) is 5.91 Å². The molecule has 2 N–H and O–H groups in total. The van der Waals surface area contributed by atoms with Crippen LogP contribution in [0.5, 0.6) is 0 Å². The van der Waals surface area contributed by atoms with E-state index < -0.39 is 6.04 Å². The van der Waals surface area contributed by atoms with Gasteiger partial charge in [0.05, 0.1) is 6.61 Å². The van der Waals surface area contributed by atoms with Crippen molar-refractivity contribution in [2.75, 3.05) is 25.5 Å². The smallest absolute Gasteiger partial charge is 0.246 e. The zero-order chi connectivity index (χ0) is 15.9. The number of anilines is 1. The summed E-state index contributed by atoms with van der Waals surface area (Å²) < 4.78 is 12.9. The van der Waals surface area contributed by atoms with E-state index in [0.717, 1.165) is 5.56 Å². The highest BCUT2D eigenvalue weighted by Gasteiger charge is 2.24. The summed E-state index contributed by atoms with van der Waals surface area (Å²) in [5, 5.41) is 11.9. The van der Waals surface area contributed by atoms with Crippen LogP contribution in [0.3, 0.4) is 0 Å². The Morgan fingerprint density at radius 2 is 1.82 bits per heavy atom. The molecule has 1 unspecified atom stereocenters. The molecule has 4 nitrogen and oxygen atoms in total. The van der Waals surface area contributed by atoms with Gasteiger partial charge in [0.15, 0.2) is 0 Å². The topological polar surface area (TPSA) is 52.6 Å². The molecule has 0 saturated carbocycles. The van der Waals surface area contributed by atoms with Gasteiger partial charge in [0, 0.05) is 12.2 Å². The van der Waals surface area contributed by atoms with Gasteiger partial charge in [-0.05, 0) is 36.9 Å². The van der Waals surface area contributed by atoms with E-state index in [1.54, 1.807) is 11.9 Å². The average Bonchev–Trinajstić information content (AvgIpc) is 2.51. The normalized spacial score (nSPS) is 12.2. The van der Waals surface area contributed by atoms with Crippen LogP contribution in [0, 0.1) is 5.82 Å². The summed E-state index contributed by atoms with van der Waals surface area (Å²) in [7, 11) is 1.78. The van der Waals surface area contributed by atoms with Crippen molar-refractivity contribution in [1.82, 2.24) is 4.90 Å². The molecule has 0 radical (unpaired) electrons. The molecule has 0 saturated heterocycles. The summed E-state index contributed by atoms with van der Waals surface area (Å²) in [5.41, 5.74) is 1.36. The zero-order valence-electron chi connectivity index (χ0n) is 12.4. The number of amides is 1. The fourth-order valence-electron chi connectivity index (χ4n) is 2.27. The predicted molar refractivity (Wildman–Crippen MR) is 83.9 cm³/mol. The molecule has 0 bridgehead atoms. The van der Waals surface area contributed by atoms with Crippen molar-refractivity contribution in [3.05, 3.63) is 66.0 Å². The molecule has 0 heterocycles. The second-order valence-corrected chi connectivity index (χ2v) is 5.01. The number of nitrogens with one attached hydrogen (secondary N) is 1. The van der Waals surface area contributed by atoms with Crippen LogP contribution in [0.4, 0.5) is 10.1 Å². The maximum absolute atomic E-state index is 12.9. The van der Waals surface area contributed by atoms with Gasteiger partial charge in [0.1, 0.15) is 11.9 Å². The number of aliphatic hydroxyl groups excluding tert-OH is 1. The van der Waals surface area contributed by atoms with E-state index in [2.05, 4.69) is 5.32 Å². The molecule has 0 aliphatic heterocycles. The Balaban J connectivity index is 2.20. The van der Waals surface area contributed by atoms with Crippen LogP contribution in [0.15, 0.2) is 54.6 Å². The lowest BCUT2D eigenvalue weighted by Crippen LogP contribution is -2.36. The van der Waals surface area contributed by atoms with Crippen molar-refractivity contribution >= 4 is 11.6 Å². The van der Waals surface area contributed by atoms with E-state index in [0.29, 0.717) is 12.2 Å². The van der Waals surface area contributed by atoms with Crippen LogP contribution in [-0.4, -0.2) is 36.1 Å². The largest absolute Gasteiger partial charge is 0.395 e. The third kappa shape index (κ3) is 4.13. The molecule has 5 heteroatoms. The molecule has 1 amide bonds. The maximum Gasteiger partial charge on any atom is 0.246 e. The number of rotatable bonds is 6. The minimum absolute atomic E-state index is 0.0380. The highest BCUT2D eigenvalue weighted by molar-refractivity contribution is 5.95. The van der Waals surface area contributed by atoms with E-state index in [4.69, 9.17) is 5.11 Å². The summed E-state index contributed by atoms with van der Waals surface area (Å²) >= 11 is 0.